The molecule has 2 amide bonds. The van der Waals surface area contributed by atoms with Crippen LogP contribution in [0.4, 0.5) is 14.5 Å². The van der Waals surface area contributed by atoms with E-state index in [2.05, 4.69) is 10.6 Å². The second kappa shape index (κ2) is 8.58. The van der Waals surface area contributed by atoms with Crippen molar-refractivity contribution in [3.63, 3.8) is 0 Å². The third kappa shape index (κ3) is 5.53. The first kappa shape index (κ1) is 18.9. The fourth-order valence-corrected chi connectivity index (χ4v) is 2.44. The molecule has 0 atom stereocenters. The van der Waals surface area contributed by atoms with Gasteiger partial charge in [0.25, 0.3) is 5.91 Å². The highest BCUT2D eigenvalue weighted by Gasteiger charge is 2.12. The third-order valence-electron chi connectivity index (χ3n) is 3.44. The number of rotatable bonds is 6. The van der Waals surface area contributed by atoms with Gasteiger partial charge in [-0.25, -0.2) is 8.78 Å². The van der Waals surface area contributed by atoms with E-state index in [9.17, 15) is 18.4 Å². The Bertz CT molecular complexity index is 797. The van der Waals surface area contributed by atoms with Crippen molar-refractivity contribution in [1.29, 1.82) is 0 Å². The molecular formula is C18H17ClF2N2O2. The summed E-state index contributed by atoms with van der Waals surface area (Å²) in [7, 11) is 0. The first-order chi connectivity index (χ1) is 11.9. The van der Waals surface area contributed by atoms with Crippen LogP contribution >= 0.6 is 11.6 Å². The summed E-state index contributed by atoms with van der Waals surface area (Å²) in [6.45, 7) is 2.08. The van der Waals surface area contributed by atoms with Crippen molar-refractivity contribution in [1.82, 2.24) is 5.32 Å². The average molecular weight is 367 g/mol. The van der Waals surface area contributed by atoms with Crippen LogP contribution in [0.15, 0.2) is 36.4 Å². The molecule has 0 bridgehead atoms. The van der Waals surface area contributed by atoms with Crippen LogP contribution in [0.2, 0.25) is 5.02 Å². The second-order valence-electron chi connectivity index (χ2n) is 5.52. The quantitative estimate of drug-likeness (QED) is 0.757. The molecule has 2 aromatic rings. The minimum atomic E-state index is -0.927. The molecule has 0 aromatic heterocycles. The van der Waals surface area contributed by atoms with E-state index < -0.39 is 17.5 Å². The number of amides is 2. The zero-order chi connectivity index (χ0) is 18.4. The molecule has 0 aliphatic carbocycles. The maximum atomic E-state index is 13.5. The van der Waals surface area contributed by atoms with Crippen LogP contribution in [0.25, 0.3) is 0 Å². The summed E-state index contributed by atoms with van der Waals surface area (Å²) in [5.41, 5.74) is 1.27. The Hall–Kier alpha value is -2.47. The lowest BCUT2D eigenvalue weighted by Crippen LogP contribution is -2.26. The Balaban J connectivity index is 1.76. The largest absolute Gasteiger partial charge is 0.352 e. The minimum absolute atomic E-state index is 0.163. The van der Waals surface area contributed by atoms with Gasteiger partial charge in [-0.1, -0.05) is 17.7 Å². The fraction of sp³-hybridized carbons (Fsp3) is 0.222. The Morgan fingerprint density at radius 2 is 1.88 bits per heavy atom. The van der Waals surface area contributed by atoms with Crippen molar-refractivity contribution < 1.29 is 18.4 Å². The monoisotopic (exact) mass is 366 g/mol. The average Bonchev–Trinajstić information content (AvgIpc) is 2.54. The van der Waals surface area contributed by atoms with Crippen LogP contribution in [0.1, 0.15) is 28.8 Å². The molecule has 0 saturated carbocycles. The van der Waals surface area contributed by atoms with E-state index in [1.54, 1.807) is 12.1 Å². The van der Waals surface area contributed by atoms with Gasteiger partial charge in [0.2, 0.25) is 5.91 Å². The fourth-order valence-electron chi connectivity index (χ4n) is 2.15. The van der Waals surface area contributed by atoms with Gasteiger partial charge < -0.3 is 10.6 Å². The van der Waals surface area contributed by atoms with Crippen LogP contribution in [0.3, 0.4) is 0 Å². The van der Waals surface area contributed by atoms with Crippen LogP contribution in [-0.2, 0) is 4.79 Å². The van der Waals surface area contributed by atoms with Crippen LogP contribution in [0.5, 0.6) is 0 Å². The maximum absolute atomic E-state index is 13.5. The smallest absolute Gasteiger partial charge is 0.254 e. The zero-order valence-corrected chi connectivity index (χ0v) is 14.3. The van der Waals surface area contributed by atoms with Gasteiger partial charge in [0.1, 0.15) is 11.6 Å². The number of anilines is 1. The zero-order valence-electron chi connectivity index (χ0n) is 13.5. The van der Waals surface area contributed by atoms with Gasteiger partial charge >= 0.3 is 0 Å². The highest BCUT2D eigenvalue weighted by atomic mass is 35.5. The van der Waals surface area contributed by atoms with Gasteiger partial charge in [0.05, 0.1) is 16.3 Å². The van der Waals surface area contributed by atoms with Crippen molar-refractivity contribution >= 4 is 29.1 Å². The summed E-state index contributed by atoms with van der Waals surface area (Å²) in [5.74, 6) is -2.57. The number of benzene rings is 2. The topological polar surface area (TPSA) is 58.2 Å². The number of hydrogen-bond acceptors (Lipinski definition) is 2. The van der Waals surface area contributed by atoms with Crippen molar-refractivity contribution in [2.24, 2.45) is 0 Å². The summed E-state index contributed by atoms with van der Waals surface area (Å²) in [6, 6.07) is 8.03. The summed E-state index contributed by atoms with van der Waals surface area (Å²) < 4.78 is 26.3. The number of nitrogens with one attached hydrogen (secondary N) is 2. The lowest BCUT2D eigenvalue weighted by molar-refractivity contribution is -0.116. The lowest BCUT2D eigenvalue weighted by Gasteiger charge is -2.09. The molecule has 0 spiro atoms. The van der Waals surface area contributed by atoms with E-state index in [1.165, 1.54) is 0 Å². The Morgan fingerprint density at radius 3 is 2.56 bits per heavy atom. The van der Waals surface area contributed by atoms with E-state index in [1.807, 2.05) is 13.0 Å². The van der Waals surface area contributed by atoms with Gasteiger partial charge in [-0.3, -0.25) is 9.59 Å². The molecule has 0 saturated heterocycles. The number of carbonyl (C=O) groups excluding carboxylic acids is 2. The molecule has 0 unspecified atom stereocenters. The minimum Gasteiger partial charge on any atom is -0.352 e. The highest BCUT2D eigenvalue weighted by molar-refractivity contribution is 6.33. The van der Waals surface area contributed by atoms with E-state index in [4.69, 9.17) is 11.6 Å². The second-order valence-corrected chi connectivity index (χ2v) is 5.92. The predicted octanol–water partition coefficient (Wildman–Crippen LogP) is 4.08. The van der Waals surface area contributed by atoms with E-state index in [0.29, 0.717) is 23.2 Å². The van der Waals surface area contributed by atoms with Crippen molar-refractivity contribution in [3.8, 4) is 0 Å². The number of carbonyl (C=O) groups is 2. The number of halogens is 3. The molecule has 0 fully saturated rings. The van der Waals surface area contributed by atoms with Gasteiger partial charge in [0.15, 0.2) is 0 Å². The lowest BCUT2D eigenvalue weighted by atomic mass is 10.2. The third-order valence-corrected chi connectivity index (χ3v) is 3.75. The van der Waals surface area contributed by atoms with E-state index in [0.717, 1.165) is 17.7 Å². The summed E-state index contributed by atoms with van der Waals surface area (Å²) in [6.07, 6.45) is 0.528. The first-order valence-electron chi connectivity index (χ1n) is 7.66. The molecule has 2 aromatic carbocycles. The van der Waals surface area contributed by atoms with Crippen molar-refractivity contribution in [2.45, 2.75) is 19.8 Å². The summed E-state index contributed by atoms with van der Waals surface area (Å²) in [5, 5.41) is 5.63. The summed E-state index contributed by atoms with van der Waals surface area (Å²) in [4.78, 5) is 23.7. The molecule has 0 aliphatic rings. The Labute approximate surface area is 149 Å². The molecule has 0 radical (unpaired) electrons. The molecular weight excluding hydrogens is 350 g/mol. The molecule has 0 heterocycles. The van der Waals surface area contributed by atoms with Gasteiger partial charge in [-0.2, -0.15) is 0 Å². The SMILES string of the molecule is Cc1ccc(NC(=O)CCCNC(=O)c2ccc(F)cc2F)c(Cl)c1. The maximum Gasteiger partial charge on any atom is 0.254 e. The van der Waals surface area contributed by atoms with Gasteiger partial charge in [-0.05, 0) is 43.2 Å². The van der Waals surface area contributed by atoms with E-state index in [-0.39, 0.29) is 24.4 Å². The van der Waals surface area contributed by atoms with Gasteiger partial charge in [0, 0.05) is 19.0 Å². The van der Waals surface area contributed by atoms with E-state index >= 15 is 0 Å². The molecule has 2 N–H and O–H groups in total. The summed E-state index contributed by atoms with van der Waals surface area (Å²) >= 11 is 6.04. The van der Waals surface area contributed by atoms with Crippen LogP contribution in [-0.4, -0.2) is 18.4 Å². The molecule has 0 aliphatic heterocycles. The number of aryl methyl sites for hydroxylation is 1. The van der Waals surface area contributed by atoms with Crippen LogP contribution in [0, 0.1) is 18.6 Å². The Kier molecular flexibility index (Phi) is 6.47. The predicted molar refractivity (Wildman–Crippen MR) is 92.7 cm³/mol. The normalized spacial score (nSPS) is 10.4. The van der Waals surface area contributed by atoms with Crippen molar-refractivity contribution in [2.75, 3.05) is 11.9 Å². The van der Waals surface area contributed by atoms with Gasteiger partial charge in [-0.15, -0.1) is 0 Å². The Morgan fingerprint density at radius 1 is 1.12 bits per heavy atom. The molecule has 2 rings (SSSR count). The molecule has 7 heteroatoms. The number of hydrogen-bond donors (Lipinski definition) is 2. The van der Waals surface area contributed by atoms with Crippen molar-refractivity contribution in [3.05, 3.63) is 64.2 Å². The molecule has 4 nitrogen and oxygen atoms in total. The molecule has 132 valence electrons. The standard InChI is InChI=1S/C18H17ClF2N2O2/c1-11-4-7-16(14(19)9-11)23-17(24)3-2-8-22-18(25)13-6-5-12(20)10-15(13)21/h4-7,9-10H,2-3,8H2,1H3,(H,22,25)(H,23,24). The highest BCUT2D eigenvalue weighted by Crippen LogP contribution is 2.22. The molecule has 25 heavy (non-hydrogen) atoms. The van der Waals surface area contributed by atoms with Crippen LogP contribution < -0.4 is 10.6 Å². The first-order valence-corrected chi connectivity index (χ1v) is 8.04.